The third-order valence-electron chi connectivity index (χ3n) is 1.46. The van der Waals surface area contributed by atoms with Crippen LogP contribution in [0, 0.1) is 0 Å². The van der Waals surface area contributed by atoms with Gasteiger partial charge < -0.3 is 0 Å². The first-order valence-corrected chi connectivity index (χ1v) is 5.16. The maximum Gasteiger partial charge on any atom is 0.136 e. The van der Waals surface area contributed by atoms with E-state index in [0.717, 1.165) is 11.3 Å². The van der Waals surface area contributed by atoms with Crippen LogP contribution in [0.25, 0.3) is 0 Å². The fourth-order valence-electron chi connectivity index (χ4n) is 0.925. The lowest BCUT2D eigenvalue weighted by Gasteiger charge is -1.97. The van der Waals surface area contributed by atoms with Crippen molar-refractivity contribution in [2.45, 2.75) is 6.92 Å². The number of nitrogens with zero attached hydrogens (tertiary/aromatic N) is 1. The molecule has 1 unspecified atom stereocenters. The first kappa shape index (κ1) is 9.13. The fourth-order valence-corrected chi connectivity index (χ4v) is 1.42. The van der Waals surface area contributed by atoms with E-state index >= 15 is 0 Å². The minimum absolute atomic E-state index is 0.816. The normalized spacial score (nSPS) is 14.3. The van der Waals surface area contributed by atoms with Crippen molar-refractivity contribution in [2.75, 3.05) is 6.26 Å². The van der Waals surface area contributed by atoms with Crippen LogP contribution in [0.3, 0.4) is 0 Å². The summed E-state index contributed by atoms with van der Waals surface area (Å²) in [5, 5.41) is 0. The molecule has 1 rings (SSSR count). The maximum atomic E-state index is 10.8. The Balaban J connectivity index is 2.93. The molecule has 1 atom stereocenters. The smallest absolute Gasteiger partial charge is 0.136 e. The molecular weight excluding hydrogens is 170 g/mol. The number of benzene rings is 1. The van der Waals surface area contributed by atoms with E-state index < -0.39 is 11.0 Å². The van der Waals surface area contributed by atoms with Gasteiger partial charge in [-0.3, -0.25) is 0 Å². The standard InChI is InChI=1S/C9H11NOS/c1-8(10-12(2)11)9-6-4-3-5-7-9/h3-7H,1-2H3. The van der Waals surface area contributed by atoms with Gasteiger partial charge in [-0.1, -0.05) is 30.3 Å². The van der Waals surface area contributed by atoms with Crippen LogP contribution in [0.4, 0.5) is 0 Å². The predicted molar refractivity (Wildman–Crippen MR) is 52.7 cm³/mol. The predicted octanol–water partition coefficient (Wildman–Crippen LogP) is 1.79. The minimum atomic E-state index is -1.11. The summed E-state index contributed by atoms with van der Waals surface area (Å²) in [6, 6.07) is 9.72. The zero-order valence-corrected chi connectivity index (χ0v) is 7.97. The topological polar surface area (TPSA) is 29.4 Å². The second-order valence-corrected chi connectivity index (χ2v) is 3.50. The molecule has 3 heteroatoms. The summed E-state index contributed by atoms with van der Waals surface area (Å²) in [7, 11) is -1.11. The third kappa shape index (κ3) is 2.58. The Morgan fingerprint density at radius 3 is 2.42 bits per heavy atom. The van der Waals surface area contributed by atoms with Gasteiger partial charge in [-0.2, -0.15) is 4.40 Å². The van der Waals surface area contributed by atoms with Crippen molar-refractivity contribution < 1.29 is 4.21 Å². The summed E-state index contributed by atoms with van der Waals surface area (Å²) in [6.07, 6.45) is 1.56. The number of hydrogen-bond acceptors (Lipinski definition) is 1. The molecule has 0 N–H and O–H groups in total. The molecule has 0 saturated carbocycles. The van der Waals surface area contributed by atoms with Crippen molar-refractivity contribution >= 4 is 16.7 Å². The van der Waals surface area contributed by atoms with E-state index in [2.05, 4.69) is 4.40 Å². The summed E-state index contributed by atoms with van der Waals surface area (Å²) >= 11 is 0. The van der Waals surface area contributed by atoms with E-state index in [1.807, 2.05) is 37.3 Å². The average molecular weight is 181 g/mol. The molecule has 64 valence electrons. The Labute approximate surface area is 74.9 Å². The zero-order valence-electron chi connectivity index (χ0n) is 7.15. The van der Waals surface area contributed by atoms with Crippen molar-refractivity contribution in [1.82, 2.24) is 0 Å². The molecule has 2 nitrogen and oxygen atoms in total. The molecule has 0 saturated heterocycles. The van der Waals surface area contributed by atoms with Gasteiger partial charge in [-0.05, 0) is 12.5 Å². The molecule has 0 aliphatic rings. The van der Waals surface area contributed by atoms with Crippen molar-refractivity contribution in [2.24, 2.45) is 4.40 Å². The van der Waals surface area contributed by atoms with Crippen LogP contribution in [-0.4, -0.2) is 16.2 Å². The summed E-state index contributed by atoms with van der Waals surface area (Å²) in [5.41, 5.74) is 1.84. The Morgan fingerprint density at radius 1 is 1.33 bits per heavy atom. The highest BCUT2D eigenvalue weighted by Crippen LogP contribution is 2.00. The minimum Gasteiger partial charge on any atom is -0.235 e. The van der Waals surface area contributed by atoms with E-state index in [-0.39, 0.29) is 0 Å². The maximum absolute atomic E-state index is 10.8. The molecule has 0 aliphatic heterocycles. The summed E-state index contributed by atoms with van der Waals surface area (Å²) in [6.45, 7) is 1.86. The van der Waals surface area contributed by atoms with Crippen LogP contribution in [0.15, 0.2) is 34.7 Å². The third-order valence-corrected chi connectivity index (χ3v) is 1.99. The molecule has 12 heavy (non-hydrogen) atoms. The van der Waals surface area contributed by atoms with Gasteiger partial charge in [0, 0.05) is 6.26 Å². The second-order valence-electron chi connectivity index (χ2n) is 2.47. The molecule has 0 bridgehead atoms. The van der Waals surface area contributed by atoms with Crippen LogP contribution < -0.4 is 0 Å². The van der Waals surface area contributed by atoms with Crippen molar-refractivity contribution in [3.05, 3.63) is 35.9 Å². The lowest BCUT2D eigenvalue weighted by molar-refractivity contribution is 0.688. The van der Waals surface area contributed by atoms with Gasteiger partial charge in [-0.25, -0.2) is 4.21 Å². The average Bonchev–Trinajstić information content (AvgIpc) is 2.05. The van der Waals surface area contributed by atoms with Gasteiger partial charge in [-0.15, -0.1) is 0 Å². The van der Waals surface area contributed by atoms with E-state index in [4.69, 9.17) is 0 Å². The molecule has 0 heterocycles. The van der Waals surface area contributed by atoms with Gasteiger partial charge in [0.25, 0.3) is 0 Å². The highest BCUT2D eigenvalue weighted by molar-refractivity contribution is 7.83. The first-order chi connectivity index (χ1) is 5.70. The van der Waals surface area contributed by atoms with Gasteiger partial charge >= 0.3 is 0 Å². The van der Waals surface area contributed by atoms with Crippen LogP contribution in [-0.2, 0) is 11.0 Å². The quantitative estimate of drug-likeness (QED) is 0.639. The van der Waals surface area contributed by atoms with Crippen LogP contribution in [0.5, 0.6) is 0 Å². The molecule has 0 aliphatic carbocycles. The van der Waals surface area contributed by atoms with E-state index in [9.17, 15) is 4.21 Å². The highest BCUT2D eigenvalue weighted by Gasteiger charge is 1.95. The summed E-state index contributed by atoms with van der Waals surface area (Å²) in [5.74, 6) is 0. The lowest BCUT2D eigenvalue weighted by atomic mass is 10.1. The first-order valence-electron chi connectivity index (χ1n) is 3.64. The van der Waals surface area contributed by atoms with Crippen LogP contribution in [0.2, 0.25) is 0 Å². The van der Waals surface area contributed by atoms with Crippen molar-refractivity contribution in [1.29, 1.82) is 0 Å². The van der Waals surface area contributed by atoms with Crippen molar-refractivity contribution in [3.8, 4) is 0 Å². The van der Waals surface area contributed by atoms with Gasteiger partial charge in [0.15, 0.2) is 0 Å². The molecule has 0 spiro atoms. The highest BCUT2D eigenvalue weighted by atomic mass is 32.2. The lowest BCUT2D eigenvalue weighted by Crippen LogP contribution is -1.95. The number of rotatable bonds is 2. The zero-order chi connectivity index (χ0) is 8.97. The molecule has 0 aromatic heterocycles. The number of hydrogen-bond donors (Lipinski definition) is 0. The summed E-state index contributed by atoms with van der Waals surface area (Å²) < 4.78 is 14.7. The largest absolute Gasteiger partial charge is 0.235 e. The molecule has 0 fully saturated rings. The SMILES string of the molecule is CC(=NS(C)=O)c1ccccc1. The van der Waals surface area contributed by atoms with Crippen LogP contribution >= 0.6 is 0 Å². The van der Waals surface area contributed by atoms with Crippen LogP contribution in [0.1, 0.15) is 12.5 Å². The second kappa shape index (κ2) is 4.16. The molecular formula is C9H11NOS. The Morgan fingerprint density at radius 2 is 1.92 bits per heavy atom. The van der Waals surface area contributed by atoms with E-state index in [1.54, 1.807) is 6.26 Å². The fraction of sp³-hybridized carbons (Fsp3) is 0.222. The van der Waals surface area contributed by atoms with Gasteiger partial charge in [0.1, 0.15) is 11.0 Å². The Hall–Kier alpha value is -0.960. The van der Waals surface area contributed by atoms with E-state index in [1.165, 1.54) is 0 Å². The van der Waals surface area contributed by atoms with Gasteiger partial charge in [0.2, 0.25) is 0 Å². The molecule has 1 aromatic rings. The van der Waals surface area contributed by atoms with Gasteiger partial charge in [0.05, 0.1) is 5.71 Å². The van der Waals surface area contributed by atoms with E-state index in [0.29, 0.717) is 0 Å². The summed E-state index contributed by atoms with van der Waals surface area (Å²) in [4.78, 5) is 0. The molecule has 0 amide bonds. The molecule has 0 radical (unpaired) electrons. The monoisotopic (exact) mass is 181 g/mol. The Kier molecular flexibility index (Phi) is 3.17. The van der Waals surface area contributed by atoms with Crippen molar-refractivity contribution in [3.63, 3.8) is 0 Å². The Bertz CT molecular complexity index is 306. The molecule has 1 aromatic carbocycles.